The molecule has 0 aliphatic carbocycles. The largest absolute Gasteiger partial charge is 0.451 e. The van der Waals surface area contributed by atoms with Gasteiger partial charge in [0.15, 0.2) is 17.7 Å². The molecule has 0 aromatic heterocycles. The third-order valence-corrected chi connectivity index (χ3v) is 3.38. The van der Waals surface area contributed by atoms with E-state index in [-0.39, 0.29) is 12.2 Å². The number of imide groups is 1. The highest BCUT2D eigenvalue weighted by Crippen LogP contribution is 2.14. The number of benzene rings is 1. The van der Waals surface area contributed by atoms with Crippen molar-refractivity contribution in [1.82, 2.24) is 9.80 Å². The van der Waals surface area contributed by atoms with Gasteiger partial charge in [-0.3, -0.25) is 19.3 Å². The number of rotatable bonds is 5. The molecule has 0 unspecified atom stereocenters. The highest BCUT2D eigenvalue weighted by atomic mass is 19.2. The van der Waals surface area contributed by atoms with Crippen LogP contribution in [-0.2, 0) is 19.1 Å². The molecule has 8 nitrogen and oxygen atoms in total. The number of amides is 4. The van der Waals surface area contributed by atoms with E-state index < -0.39 is 48.1 Å². The lowest BCUT2D eigenvalue weighted by Crippen LogP contribution is -2.39. The minimum atomic E-state index is -1.27. The predicted molar refractivity (Wildman–Crippen MR) is 80.3 cm³/mol. The van der Waals surface area contributed by atoms with Crippen LogP contribution in [0.4, 0.5) is 19.3 Å². The maximum Gasteiger partial charge on any atom is 0.327 e. The van der Waals surface area contributed by atoms with Gasteiger partial charge in [0.25, 0.3) is 11.8 Å². The molecule has 1 N–H and O–H groups in total. The molecule has 1 atom stereocenters. The van der Waals surface area contributed by atoms with Crippen molar-refractivity contribution in [3.8, 4) is 0 Å². The Morgan fingerprint density at radius 1 is 1.28 bits per heavy atom. The van der Waals surface area contributed by atoms with Crippen molar-refractivity contribution in [1.29, 1.82) is 0 Å². The first-order chi connectivity index (χ1) is 11.7. The number of hydrogen-bond donors (Lipinski definition) is 1. The molecule has 0 bridgehead atoms. The summed E-state index contributed by atoms with van der Waals surface area (Å²) in [5, 5.41) is 2.25. The summed E-state index contributed by atoms with van der Waals surface area (Å²) in [5.74, 6) is -4.50. The van der Waals surface area contributed by atoms with E-state index in [4.69, 9.17) is 4.74 Å². The molecular formula is C15H15F2N3O5. The lowest BCUT2D eigenvalue weighted by molar-refractivity contribution is -0.154. The summed E-state index contributed by atoms with van der Waals surface area (Å²) in [4.78, 5) is 48.7. The Labute approximate surface area is 141 Å². The van der Waals surface area contributed by atoms with Crippen LogP contribution in [-0.4, -0.2) is 59.9 Å². The SMILES string of the molecule is C[C@H](OC(=O)CN1C(=O)CN(C)C1=O)C(=O)Nc1ccc(F)c(F)c1. The lowest BCUT2D eigenvalue weighted by Gasteiger charge is -2.16. The zero-order valence-electron chi connectivity index (χ0n) is 13.4. The Morgan fingerprint density at radius 2 is 1.96 bits per heavy atom. The molecule has 134 valence electrons. The Hall–Kier alpha value is -3.04. The van der Waals surface area contributed by atoms with E-state index in [0.29, 0.717) is 4.90 Å². The summed E-state index contributed by atoms with van der Waals surface area (Å²) in [6.07, 6.45) is -1.27. The first kappa shape index (κ1) is 18.3. The average Bonchev–Trinajstić information content (AvgIpc) is 2.77. The molecule has 4 amide bonds. The number of carbonyl (C=O) groups is 4. The van der Waals surface area contributed by atoms with Gasteiger partial charge in [-0.1, -0.05) is 0 Å². The third kappa shape index (κ3) is 4.28. The Kier molecular flexibility index (Phi) is 5.30. The summed E-state index contributed by atoms with van der Waals surface area (Å²) in [7, 11) is 1.41. The Morgan fingerprint density at radius 3 is 2.52 bits per heavy atom. The first-order valence-corrected chi connectivity index (χ1v) is 7.20. The molecule has 1 fully saturated rings. The van der Waals surface area contributed by atoms with Crippen LogP contribution in [0, 0.1) is 11.6 Å². The van der Waals surface area contributed by atoms with E-state index in [0.717, 1.165) is 23.1 Å². The normalized spacial score (nSPS) is 15.4. The Balaban J connectivity index is 1.89. The zero-order valence-corrected chi connectivity index (χ0v) is 13.4. The standard InChI is InChI=1S/C15H15F2N3O5/c1-8(14(23)18-9-3-4-10(16)11(17)5-9)25-13(22)7-20-12(21)6-19(2)15(20)24/h3-5,8H,6-7H2,1-2H3,(H,18,23)/t8-/m0/s1. The highest BCUT2D eigenvalue weighted by molar-refractivity contribution is 6.04. The molecule has 25 heavy (non-hydrogen) atoms. The van der Waals surface area contributed by atoms with Crippen LogP contribution < -0.4 is 5.32 Å². The average molecular weight is 355 g/mol. The van der Waals surface area contributed by atoms with E-state index in [1.807, 2.05) is 0 Å². The molecule has 0 saturated carbocycles. The first-order valence-electron chi connectivity index (χ1n) is 7.20. The highest BCUT2D eigenvalue weighted by Gasteiger charge is 2.35. The smallest absolute Gasteiger partial charge is 0.327 e. The Bertz CT molecular complexity index is 740. The number of nitrogens with zero attached hydrogens (tertiary/aromatic N) is 2. The van der Waals surface area contributed by atoms with Crippen LogP contribution >= 0.6 is 0 Å². The summed E-state index contributed by atoms with van der Waals surface area (Å²) in [6.45, 7) is 0.496. The third-order valence-electron chi connectivity index (χ3n) is 3.38. The number of esters is 1. The van der Waals surface area contributed by atoms with Crippen molar-refractivity contribution < 1.29 is 32.7 Å². The van der Waals surface area contributed by atoms with Gasteiger partial charge in [0.1, 0.15) is 13.1 Å². The number of likely N-dealkylation sites (N-methyl/N-ethyl adjacent to an activating group) is 1. The molecule has 2 rings (SSSR count). The molecule has 1 aliphatic rings. The van der Waals surface area contributed by atoms with Gasteiger partial charge in [-0.15, -0.1) is 0 Å². The predicted octanol–water partition coefficient (Wildman–Crippen LogP) is 0.729. The van der Waals surface area contributed by atoms with Crippen molar-refractivity contribution in [3.63, 3.8) is 0 Å². The van der Waals surface area contributed by atoms with Gasteiger partial charge in [-0.05, 0) is 19.1 Å². The molecule has 1 heterocycles. The van der Waals surface area contributed by atoms with Gasteiger partial charge in [-0.2, -0.15) is 0 Å². The quantitative estimate of drug-likeness (QED) is 0.620. The molecule has 1 aromatic rings. The van der Waals surface area contributed by atoms with Crippen molar-refractivity contribution in [2.45, 2.75) is 13.0 Å². The summed E-state index contributed by atoms with van der Waals surface area (Å²) in [5.41, 5.74) is -0.0154. The van der Waals surface area contributed by atoms with Gasteiger partial charge in [-0.25, -0.2) is 13.6 Å². The van der Waals surface area contributed by atoms with Crippen LogP contribution in [0.1, 0.15) is 6.92 Å². The second kappa shape index (κ2) is 7.24. The van der Waals surface area contributed by atoms with Crippen molar-refractivity contribution in [2.24, 2.45) is 0 Å². The van der Waals surface area contributed by atoms with Crippen LogP contribution in [0.15, 0.2) is 18.2 Å². The number of halogens is 2. The van der Waals surface area contributed by atoms with E-state index in [9.17, 15) is 28.0 Å². The van der Waals surface area contributed by atoms with Crippen LogP contribution in [0.2, 0.25) is 0 Å². The number of nitrogens with one attached hydrogen (secondary N) is 1. The summed E-state index contributed by atoms with van der Waals surface area (Å²) >= 11 is 0. The topological polar surface area (TPSA) is 96.0 Å². The van der Waals surface area contributed by atoms with Crippen molar-refractivity contribution >= 4 is 29.5 Å². The second-order valence-electron chi connectivity index (χ2n) is 5.37. The number of urea groups is 1. The monoisotopic (exact) mass is 355 g/mol. The van der Waals surface area contributed by atoms with Crippen LogP contribution in [0.3, 0.4) is 0 Å². The summed E-state index contributed by atoms with van der Waals surface area (Å²) in [6, 6.07) is 2.12. The van der Waals surface area contributed by atoms with Gasteiger partial charge < -0.3 is 15.0 Å². The van der Waals surface area contributed by atoms with Crippen LogP contribution in [0.25, 0.3) is 0 Å². The molecule has 1 aromatic carbocycles. The molecule has 0 spiro atoms. The molecule has 0 radical (unpaired) electrons. The molecular weight excluding hydrogens is 340 g/mol. The molecule has 10 heteroatoms. The van der Waals surface area contributed by atoms with Crippen LogP contribution in [0.5, 0.6) is 0 Å². The number of anilines is 1. The minimum Gasteiger partial charge on any atom is -0.451 e. The lowest BCUT2D eigenvalue weighted by atomic mass is 10.3. The maximum absolute atomic E-state index is 13.1. The number of ether oxygens (including phenoxy) is 1. The van der Waals surface area contributed by atoms with Crippen molar-refractivity contribution in [2.75, 3.05) is 25.5 Å². The number of carbonyl (C=O) groups excluding carboxylic acids is 4. The fourth-order valence-corrected chi connectivity index (χ4v) is 2.06. The molecule has 1 aliphatic heterocycles. The van der Waals surface area contributed by atoms with E-state index in [1.54, 1.807) is 0 Å². The fraction of sp³-hybridized carbons (Fsp3) is 0.333. The van der Waals surface area contributed by atoms with Crippen molar-refractivity contribution in [3.05, 3.63) is 29.8 Å². The zero-order chi connectivity index (χ0) is 18.7. The van der Waals surface area contributed by atoms with Gasteiger partial charge in [0.05, 0.1) is 0 Å². The second-order valence-corrected chi connectivity index (χ2v) is 5.37. The molecule has 1 saturated heterocycles. The minimum absolute atomic E-state index is 0.0154. The fourth-order valence-electron chi connectivity index (χ4n) is 2.06. The van der Waals surface area contributed by atoms with Gasteiger partial charge in [0.2, 0.25) is 0 Å². The van der Waals surface area contributed by atoms with Gasteiger partial charge in [0, 0.05) is 18.8 Å². The van der Waals surface area contributed by atoms with E-state index in [2.05, 4.69) is 5.32 Å². The van der Waals surface area contributed by atoms with Gasteiger partial charge >= 0.3 is 12.0 Å². The van der Waals surface area contributed by atoms with E-state index >= 15 is 0 Å². The number of hydrogen-bond acceptors (Lipinski definition) is 5. The maximum atomic E-state index is 13.1. The summed E-state index contributed by atoms with van der Waals surface area (Å²) < 4.78 is 30.8. The van der Waals surface area contributed by atoms with E-state index in [1.165, 1.54) is 14.0 Å².